The first-order valence-corrected chi connectivity index (χ1v) is 8.00. The molecular formula is C16H31N5. The third kappa shape index (κ3) is 5.87. The lowest BCUT2D eigenvalue weighted by Gasteiger charge is -2.21. The minimum Gasteiger partial charge on any atom is -0.370 e. The van der Waals surface area contributed by atoms with E-state index in [0.29, 0.717) is 0 Å². The van der Waals surface area contributed by atoms with Gasteiger partial charge < -0.3 is 15.5 Å². The van der Waals surface area contributed by atoms with Gasteiger partial charge in [-0.1, -0.05) is 34.6 Å². The van der Waals surface area contributed by atoms with Gasteiger partial charge in [-0.2, -0.15) is 0 Å². The first-order chi connectivity index (χ1) is 9.90. The second-order valence-electron chi connectivity index (χ2n) is 6.20. The molecule has 0 bridgehead atoms. The Morgan fingerprint density at radius 2 is 1.57 bits per heavy atom. The molecular weight excluding hydrogens is 262 g/mol. The van der Waals surface area contributed by atoms with E-state index in [1.807, 2.05) is 6.07 Å². The molecule has 0 aromatic carbocycles. The quantitative estimate of drug-likeness (QED) is 0.772. The Labute approximate surface area is 129 Å². The fraction of sp³-hybridized carbons (Fsp3) is 0.750. The second-order valence-corrected chi connectivity index (χ2v) is 6.20. The van der Waals surface area contributed by atoms with Gasteiger partial charge in [-0.05, 0) is 20.0 Å². The van der Waals surface area contributed by atoms with E-state index in [1.165, 1.54) is 0 Å². The molecule has 0 aliphatic rings. The lowest BCUT2D eigenvalue weighted by atomic mass is 9.96. The third-order valence-electron chi connectivity index (χ3n) is 3.38. The van der Waals surface area contributed by atoms with Crippen LogP contribution in [0.25, 0.3) is 0 Å². The summed E-state index contributed by atoms with van der Waals surface area (Å²) in [6.07, 6.45) is 0. The molecule has 0 fully saturated rings. The van der Waals surface area contributed by atoms with Crippen LogP contribution in [-0.2, 0) is 5.41 Å². The average Bonchev–Trinajstić information content (AvgIpc) is 2.43. The molecule has 0 radical (unpaired) electrons. The van der Waals surface area contributed by atoms with Crippen molar-refractivity contribution in [1.82, 2.24) is 14.9 Å². The molecule has 0 amide bonds. The monoisotopic (exact) mass is 293 g/mol. The van der Waals surface area contributed by atoms with Crippen LogP contribution in [0.3, 0.4) is 0 Å². The summed E-state index contributed by atoms with van der Waals surface area (Å²) in [5, 5.41) is 6.70. The van der Waals surface area contributed by atoms with Crippen LogP contribution in [0.4, 0.5) is 11.6 Å². The number of likely N-dealkylation sites (N-methyl/N-ethyl adjacent to an activating group) is 1. The molecule has 0 saturated heterocycles. The van der Waals surface area contributed by atoms with Gasteiger partial charge in [0.15, 0.2) is 0 Å². The van der Waals surface area contributed by atoms with Crippen molar-refractivity contribution < 1.29 is 0 Å². The lowest BCUT2D eigenvalue weighted by Crippen LogP contribution is -2.29. The molecule has 0 aliphatic heterocycles. The minimum absolute atomic E-state index is 0.0548. The molecule has 1 rings (SSSR count). The summed E-state index contributed by atoms with van der Waals surface area (Å²) >= 11 is 0. The minimum atomic E-state index is -0.0548. The van der Waals surface area contributed by atoms with E-state index >= 15 is 0 Å². The van der Waals surface area contributed by atoms with E-state index in [0.717, 1.165) is 50.2 Å². The first kappa shape index (κ1) is 17.7. The van der Waals surface area contributed by atoms with E-state index < -0.39 is 0 Å². The first-order valence-electron chi connectivity index (χ1n) is 8.00. The fourth-order valence-electron chi connectivity index (χ4n) is 2.03. The molecule has 2 N–H and O–H groups in total. The topological polar surface area (TPSA) is 53.1 Å². The Morgan fingerprint density at radius 3 is 2.05 bits per heavy atom. The summed E-state index contributed by atoms with van der Waals surface area (Å²) in [7, 11) is 0. The van der Waals surface area contributed by atoms with Gasteiger partial charge in [0.1, 0.15) is 17.5 Å². The summed E-state index contributed by atoms with van der Waals surface area (Å²) < 4.78 is 0. The zero-order valence-corrected chi connectivity index (χ0v) is 14.5. The van der Waals surface area contributed by atoms with Crippen LogP contribution < -0.4 is 10.6 Å². The Hall–Kier alpha value is -1.36. The summed E-state index contributed by atoms with van der Waals surface area (Å²) in [5.74, 6) is 2.66. The Morgan fingerprint density at radius 1 is 1.00 bits per heavy atom. The molecule has 5 heteroatoms. The maximum absolute atomic E-state index is 4.65. The number of hydrogen-bond acceptors (Lipinski definition) is 5. The van der Waals surface area contributed by atoms with Crippen molar-refractivity contribution >= 4 is 11.6 Å². The highest BCUT2D eigenvalue weighted by atomic mass is 15.1. The van der Waals surface area contributed by atoms with Gasteiger partial charge in [-0.3, -0.25) is 0 Å². The summed E-state index contributed by atoms with van der Waals surface area (Å²) in [5.41, 5.74) is -0.0548. The van der Waals surface area contributed by atoms with Crippen molar-refractivity contribution in [3.05, 3.63) is 11.9 Å². The van der Waals surface area contributed by atoms with E-state index in [4.69, 9.17) is 0 Å². The van der Waals surface area contributed by atoms with E-state index in [-0.39, 0.29) is 5.41 Å². The number of nitrogens with one attached hydrogen (secondary N) is 2. The standard InChI is InChI=1S/C16H31N5/c1-7-17-13-12-14(18-10-11-21(8-2)9-3)20-15(19-13)16(4,5)6/h12H,7-11H2,1-6H3,(H2,17,18,19,20). The van der Waals surface area contributed by atoms with Crippen molar-refractivity contribution in [1.29, 1.82) is 0 Å². The van der Waals surface area contributed by atoms with Crippen LogP contribution in [0.15, 0.2) is 6.07 Å². The van der Waals surface area contributed by atoms with E-state index in [9.17, 15) is 0 Å². The van der Waals surface area contributed by atoms with Gasteiger partial charge in [0.2, 0.25) is 0 Å². The number of anilines is 2. The van der Waals surface area contributed by atoms with Gasteiger partial charge in [0.05, 0.1) is 0 Å². The molecule has 1 aromatic rings. The van der Waals surface area contributed by atoms with Gasteiger partial charge in [-0.25, -0.2) is 9.97 Å². The number of rotatable bonds is 8. The highest BCUT2D eigenvalue weighted by molar-refractivity contribution is 5.48. The molecule has 1 aromatic heterocycles. The molecule has 0 spiro atoms. The van der Waals surface area contributed by atoms with E-state index in [2.05, 4.69) is 67.0 Å². The van der Waals surface area contributed by atoms with Crippen LogP contribution in [0, 0.1) is 0 Å². The van der Waals surface area contributed by atoms with Crippen molar-refractivity contribution in [3.63, 3.8) is 0 Å². The molecule has 21 heavy (non-hydrogen) atoms. The molecule has 120 valence electrons. The van der Waals surface area contributed by atoms with Crippen LogP contribution in [0.2, 0.25) is 0 Å². The zero-order chi connectivity index (χ0) is 15.9. The SMILES string of the molecule is CCNc1cc(NCCN(CC)CC)nc(C(C)(C)C)n1. The number of hydrogen-bond donors (Lipinski definition) is 2. The molecule has 0 atom stereocenters. The molecule has 0 unspecified atom stereocenters. The molecule has 0 saturated carbocycles. The summed E-state index contributed by atoms with van der Waals surface area (Å²) in [4.78, 5) is 11.6. The van der Waals surface area contributed by atoms with Crippen LogP contribution >= 0.6 is 0 Å². The van der Waals surface area contributed by atoms with Gasteiger partial charge >= 0.3 is 0 Å². The smallest absolute Gasteiger partial charge is 0.138 e. The van der Waals surface area contributed by atoms with Gasteiger partial charge in [0, 0.05) is 31.1 Å². The third-order valence-corrected chi connectivity index (χ3v) is 3.38. The normalized spacial score (nSPS) is 11.8. The largest absolute Gasteiger partial charge is 0.370 e. The molecule has 5 nitrogen and oxygen atoms in total. The maximum atomic E-state index is 4.65. The predicted octanol–water partition coefficient (Wildman–Crippen LogP) is 2.96. The van der Waals surface area contributed by atoms with Crippen molar-refractivity contribution in [2.45, 2.75) is 47.0 Å². The number of aromatic nitrogens is 2. The van der Waals surface area contributed by atoms with Crippen LogP contribution in [-0.4, -0.2) is 47.6 Å². The number of nitrogens with zero attached hydrogens (tertiary/aromatic N) is 3. The van der Waals surface area contributed by atoms with Gasteiger partial charge in [0.25, 0.3) is 0 Å². The average molecular weight is 293 g/mol. The lowest BCUT2D eigenvalue weighted by molar-refractivity contribution is 0.316. The predicted molar refractivity (Wildman–Crippen MR) is 91.2 cm³/mol. The Balaban J connectivity index is 2.78. The fourth-order valence-corrected chi connectivity index (χ4v) is 2.03. The highest BCUT2D eigenvalue weighted by Crippen LogP contribution is 2.22. The second kappa shape index (κ2) is 8.17. The highest BCUT2D eigenvalue weighted by Gasteiger charge is 2.19. The van der Waals surface area contributed by atoms with Gasteiger partial charge in [-0.15, -0.1) is 0 Å². The van der Waals surface area contributed by atoms with E-state index in [1.54, 1.807) is 0 Å². The Kier molecular flexibility index (Phi) is 6.89. The van der Waals surface area contributed by atoms with Crippen LogP contribution in [0.1, 0.15) is 47.4 Å². The van der Waals surface area contributed by atoms with Crippen molar-refractivity contribution in [2.24, 2.45) is 0 Å². The van der Waals surface area contributed by atoms with Crippen LogP contribution in [0.5, 0.6) is 0 Å². The Bertz CT molecular complexity index is 421. The molecule has 0 aliphatic carbocycles. The zero-order valence-electron chi connectivity index (χ0n) is 14.5. The summed E-state index contributed by atoms with van der Waals surface area (Å²) in [6, 6.07) is 1.99. The van der Waals surface area contributed by atoms with Crippen molar-refractivity contribution in [2.75, 3.05) is 43.4 Å². The maximum Gasteiger partial charge on any atom is 0.138 e. The molecule has 1 heterocycles. The van der Waals surface area contributed by atoms with Crippen molar-refractivity contribution in [3.8, 4) is 0 Å². The summed E-state index contributed by atoms with van der Waals surface area (Å²) in [6.45, 7) is 17.8.